The smallest absolute Gasteiger partial charge is 0.0738 e. The number of halogens is 1. The van der Waals surface area contributed by atoms with Gasteiger partial charge in [-0.2, -0.15) is 5.10 Å². The Morgan fingerprint density at radius 2 is 2.15 bits per heavy atom. The lowest BCUT2D eigenvalue weighted by atomic mass is 10.0. The predicted molar refractivity (Wildman–Crippen MR) is 83.1 cm³/mol. The first-order valence-electron chi connectivity index (χ1n) is 6.66. The minimum Gasteiger partial charge on any atom is -0.271 e. The van der Waals surface area contributed by atoms with Gasteiger partial charge in [-0.3, -0.25) is 20.9 Å². The van der Waals surface area contributed by atoms with Gasteiger partial charge in [0.25, 0.3) is 0 Å². The van der Waals surface area contributed by atoms with E-state index in [-0.39, 0.29) is 6.04 Å². The summed E-state index contributed by atoms with van der Waals surface area (Å²) in [7, 11) is 0. The minimum atomic E-state index is 0.0140. The lowest BCUT2D eigenvalue weighted by Gasteiger charge is -2.17. The zero-order valence-corrected chi connectivity index (χ0v) is 13.6. The highest BCUT2D eigenvalue weighted by Gasteiger charge is 2.18. The van der Waals surface area contributed by atoms with Crippen LogP contribution in [0.1, 0.15) is 35.5 Å². The molecule has 6 heteroatoms. The van der Waals surface area contributed by atoms with Gasteiger partial charge in [0.1, 0.15) is 0 Å². The van der Waals surface area contributed by atoms with Crippen molar-refractivity contribution in [2.45, 2.75) is 39.8 Å². The van der Waals surface area contributed by atoms with E-state index in [1.807, 2.05) is 30.9 Å². The Hall–Kier alpha value is -1.24. The number of nitrogens with zero attached hydrogens (tertiary/aromatic N) is 3. The maximum absolute atomic E-state index is 5.73. The summed E-state index contributed by atoms with van der Waals surface area (Å²) in [5.74, 6) is 5.73. The zero-order valence-electron chi connectivity index (χ0n) is 12.0. The quantitative estimate of drug-likeness (QED) is 0.649. The van der Waals surface area contributed by atoms with E-state index in [2.05, 4.69) is 44.4 Å². The Kier molecular flexibility index (Phi) is 4.91. The molecular formula is C14H20BrN5. The topological polar surface area (TPSA) is 68.8 Å². The van der Waals surface area contributed by atoms with Crippen molar-refractivity contribution < 1.29 is 0 Å². The summed E-state index contributed by atoms with van der Waals surface area (Å²) >= 11 is 3.62. The lowest BCUT2D eigenvalue weighted by molar-refractivity contribution is 0.514. The maximum Gasteiger partial charge on any atom is 0.0738 e. The molecular weight excluding hydrogens is 318 g/mol. The molecule has 0 aliphatic carbocycles. The molecule has 0 bridgehead atoms. The van der Waals surface area contributed by atoms with Gasteiger partial charge in [0.05, 0.1) is 21.9 Å². The van der Waals surface area contributed by atoms with E-state index in [4.69, 9.17) is 5.84 Å². The summed E-state index contributed by atoms with van der Waals surface area (Å²) in [5.41, 5.74) is 7.24. The third-order valence-corrected chi connectivity index (χ3v) is 4.38. The van der Waals surface area contributed by atoms with Crippen LogP contribution in [-0.2, 0) is 13.0 Å². The molecule has 5 nitrogen and oxygen atoms in total. The molecule has 0 saturated carbocycles. The van der Waals surface area contributed by atoms with Crippen LogP contribution in [0.3, 0.4) is 0 Å². The Balaban J connectivity index is 2.31. The van der Waals surface area contributed by atoms with Crippen molar-refractivity contribution in [1.82, 2.24) is 20.2 Å². The van der Waals surface area contributed by atoms with Crippen molar-refractivity contribution in [3.05, 3.63) is 45.4 Å². The number of hydrogen-bond acceptors (Lipinski definition) is 4. The molecule has 0 aliphatic rings. The van der Waals surface area contributed by atoms with E-state index in [1.165, 1.54) is 0 Å². The van der Waals surface area contributed by atoms with E-state index in [0.717, 1.165) is 40.0 Å². The van der Waals surface area contributed by atoms with Crippen LogP contribution >= 0.6 is 15.9 Å². The molecule has 2 rings (SSSR count). The molecule has 0 aromatic carbocycles. The van der Waals surface area contributed by atoms with Gasteiger partial charge in [-0.25, -0.2) is 0 Å². The fourth-order valence-electron chi connectivity index (χ4n) is 2.30. The van der Waals surface area contributed by atoms with Gasteiger partial charge in [-0.05, 0) is 47.8 Å². The average Bonchev–Trinajstić information content (AvgIpc) is 2.71. The number of hydrazine groups is 1. The van der Waals surface area contributed by atoms with Crippen LogP contribution in [0.5, 0.6) is 0 Å². The Bertz CT molecular complexity index is 593. The number of pyridine rings is 1. The first-order chi connectivity index (χ1) is 9.56. The second-order valence-corrected chi connectivity index (χ2v) is 5.67. The summed E-state index contributed by atoms with van der Waals surface area (Å²) in [5, 5.41) is 4.51. The van der Waals surface area contributed by atoms with Gasteiger partial charge < -0.3 is 0 Å². The van der Waals surface area contributed by atoms with Crippen LogP contribution in [0.2, 0.25) is 0 Å². The van der Waals surface area contributed by atoms with Crippen molar-refractivity contribution >= 4 is 15.9 Å². The van der Waals surface area contributed by atoms with E-state index in [1.54, 1.807) is 0 Å². The molecule has 0 saturated heterocycles. The minimum absolute atomic E-state index is 0.0140. The fraction of sp³-hybridized carbons (Fsp3) is 0.429. The molecule has 2 heterocycles. The van der Waals surface area contributed by atoms with Crippen LogP contribution in [0, 0.1) is 13.8 Å². The zero-order chi connectivity index (χ0) is 14.7. The standard InChI is InChI=1S/C14H20BrN5/c1-4-20-13(14(15)10(3)19-20)6-12(18-16)11-5-9(2)7-17-8-11/h5,7-8,12,18H,4,6,16H2,1-3H3. The monoisotopic (exact) mass is 337 g/mol. The van der Waals surface area contributed by atoms with Gasteiger partial charge in [0.15, 0.2) is 0 Å². The van der Waals surface area contributed by atoms with E-state index < -0.39 is 0 Å². The van der Waals surface area contributed by atoms with Crippen LogP contribution < -0.4 is 11.3 Å². The van der Waals surface area contributed by atoms with E-state index in [0.29, 0.717) is 0 Å². The van der Waals surface area contributed by atoms with Crippen molar-refractivity contribution in [3.8, 4) is 0 Å². The summed E-state index contributed by atoms with van der Waals surface area (Å²) in [4.78, 5) is 4.24. The maximum atomic E-state index is 5.73. The normalized spacial score (nSPS) is 12.7. The number of rotatable bonds is 5. The summed E-state index contributed by atoms with van der Waals surface area (Å²) in [6.45, 7) is 6.95. The number of hydrogen-bond donors (Lipinski definition) is 2. The predicted octanol–water partition coefficient (Wildman–Crippen LogP) is 2.42. The fourth-order valence-corrected chi connectivity index (χ4v) is 2.75. The highest BCUT2D eigenvalue weighted by Crippen LogP contribution is 2.26. The molecule has 2 aromatic heterocycles. The molecule has 20 heavy (non-hydrogen) atoms. The molecule has 3 N–H and O–H groups in total. The second-order valence-electron chi connectivity index (χ2n) is 4.88. The Labute approximate surface area is 127 Å². The molecule has 0 aliphatic heterocycles. The van der Waals surface area contributed by atoms with Crippen molar-refractivity contribution in [2.24, 2.45) is 5.84 Å². The molecule has 1 atom stereocenters. The largest absolute Gasteiger partial charge is 0.271 e. The third kappa shape index (κ3) is 3.08. The summed E-state index contributed by atoms with van der Waals surface area (Å²) < 4.78 is 3.06. The van der Waals surface area contributed by atoms with Crippen LogP contribution in [-0.4, -0.2) is 14.8 Å². The SMILES string of the molecule is CCn1nc(C)c(Br)c1CC(NN)c1cncc(C)c1. The number of nitrogens with two attached hydrogens (primary N) is 1. The van der Waals surface area contributed by atoms with Gasteiger partial charge in [0.2, 0.25) is 0 Å². The lowest BCUT2D eigenvalue weighted by Crippen LogP contribution is -2.30. The molecule has 0 radical (unpaired) electrons. The molecule has 0 spiro atoms. The van der Waals surface area contributed by atoms with Crippen molar-refractivity contribution in [2.75, 3.05) is 0 Å². The number of aromatic nitrogens is 3. The summed E-state index contributed by atoms with van der Waals surface area (Å²) in [6, 6.07) is 2.12. The Morgan fingerprint density at radius 1 is 1.40 bits per heavy atom. The van der Waals surface area contributed by atoms with Crippen molar-refractivity contribution in [1.29, 1.82) is 0 Å². The van der Waals surface area contributed by atoms with Crippen molar-refractivity contribution in [3.63, 3.8) is 0 Å². The second kappa shape index (κ2) is 6.47. The number of aryl methyl sites for hydroxylation is 3. The van der Waals surface area contributed by atoms with Crippen LogP contribution in [0.15, 0.2) is 22.9 Å². The van der Waals surface area contributed by atoms with E-state index >= 15 is 0 Å². The molecule has 108 valence electrons. The third-order valence-electron chi connectivity index (χ3n) is 3.35. The number of nitrogens with one attached hydrogen (secondary N) is 1. The van der Waals surface area contributed by atoms with Gasteiger partial charge >= 0.3 is 0 Å². The summed E-state index contributed by atoms with van der Waals surface area (Å²) in [6.07, 6.45) is 4.45. The highest BCUT2D eigenvalue weighted by molar-refractivity contribution is 9.10. The first-order valence-corrected chi connectivity index (χ1v) is 7.45. The van der Waals surface area contributed by atoms with Crippen LogP contribution in [0.25, 0.3) is 0 Å². The van der Waals surface area contributed by atoms with E-state index in [9.17, 15) is 0 Å². The average molecular weight is 338 g/mol. The molecule has 1 unspecified atom stereocenters. The molecule has 0 fully saturated rings. The van der Waals surface area contributed by atoms with Gasteiger partial charge in [-0.1, -0.05) is 6.07 Å². The van der Waals surface area contributed by atoms with Gasteiger partial charge in [-0.15, -0.1) is 0 Å². The first kappa shape index (κ1) is 15.2. The molecule has 0 amide bonds. The molecule has 2 aromatic rings. The van der Waals surface area contributed by atoms with Gasteiger partial charge in [0, 0.05) is 25.4 Å². The Morgan fingerprint density at radius 3 is 2.75 bits per heavy atom. The van der Waals surface area contributed by atoms with Crippen LogP contribution in [0.4, 0.5) is 0 Å². The highest BCUT2D eigenvalue weighted by atomic mass is 79.9.